The number of guanidine groups is 1. The van der Waals surface area contributed by atoms with Crippen molar-refractivity contribution in [3.63, 3.8) is 0 Å². The molecule has 3 unspecified atom stereocenters. The Bertz CT molecular complexity index is 1270. The van der Waals surface area contributed by atoms with Crippen LogP contribution in [0.25, 0.3) is 0 Å². The second kappa shape index (κ2) is 16.5. The van der Waals surface area contributed by atoms with E-state index < -0.39 is 60.1 Å². The zero-order valence-electron chi connectivity index (χ0n) is 24.3. The number of hydrogen-bond donors (Lipinski definition) is 7. The molecule has 3 atom stereocenters. The highest BCUT2D eigenvalue weighted by molar-refractivity contribution is 6.12. The number of amides is 3. The molecule has 2 aromatic carbocycles. The molecule has 0 spiro atoms. The van der Waals surface area contributed by atoms with E-state index in [0.717, 1.165) is 4.90 Å². The zero-order valence-corrected chi connectivity index (χ0v) is 24.3. The Morgan fingerprint density at radius 1 is 0.930 bits per heavy atom. The molecule has 2 aromatic rings. The Labute approximate surface area is 249 Å². The van der Waals surface area contributed by atoms with Crippen molar-refractivity contribution in [1.29, 1.82) is 5.41 Å². The van der Waals surface area contributed by atoms with E-state index in [4.69, 9.17) is 11.1 Å². The number of carbonyl (C=O) groups excluding carboxylic acids is 4. The molecule has 0 radical (unpaired) electrons. The zero-order chi connectivity index (χ0) is 32.1. The van der Waals surface area contributed by atoms with Gasteiger partial charge >= 0.3 is 5.97 Å². The molecule has 14 nitrogen and oxygen atoms in total. The normalized spacial score (nSPS) is 12.8. The quantitative estimate of drug-likeness (QED) is 0.0475. The molecule has 0 saturated heterocycles. The molecule has 0 saturated carbocycles. The molecular formula is C29H39N7O7. The molecule has 0 bridgehead atoms. The Morgan fingerprint density at radius 3 is 1.98 bits per heavy atom. The molecule has 3 amide bonds. The number of carboxylic acids is 1. The van der Waals surface area contributed by atoms with Crippen LogP contribution in [0.4, 0.5) is 11.4 Å². The van der Waals surface area contributed by atoms with Crippen LogP contribution in [-0.2, 0) is 24.0 Å². The van der Waals surface area contributed by atoms with Crippen LogP contribution in [0.3, 0.4) is 0 Å². The fourth-order valence-corrected chi connectivity index (χ4v) is 4.29. The number of ketones is 1. The number of benzene rings is 2. The summed E-state index contributed by atoms with van der Waals surface area (Å²) >= 11 is 0. The predicted octanol–water partition coefficient (Wildman–Crippen LogP) is 0.846. The number of nitrogens with one attached hydrogen (secondary N) is 4. The minimum Gasteiger partial charge on any atom is -0.480 e. The first-order chi connectivity index (χ1) is 20.3. The number of carbonyl (C=O) groups is 5. The van der Waals surface area contributed by atoms with Crippen LogP contribution >= 0.6 is 0 Å². The first kappa shape index (κ1) is 34.2. The smallest absolute Gasteiger partial charge is 0.323 e. The number of carboxylic acid groups (broad SMARTS) is 1. The van der Waals surface area contributed by atoms with Crippen LogP contribution in [0, 0.1) is 11.3 Å². The van der Waals surface area contributed by atoms with Crippen molar-refractivity contribution in [3.8, 4) is 0 Å². The van der Waals surface area contributed by atoms with Gasteiger partial charge in [0.2, 0.25) is 11.8 Å². The van der Waals surface area contributed by atoms with Crippen molar-refractivity contribution < 1.29 is 34.3 Å². The van der Waals surface area contributed by atoms with Crippen LogP contribution < -0.4 is 31.6 Å². The molecule has 0 aliphatic rings. The number of rotatable bonds is 16. The standard InChI is InChI=1S/C29H39N7O7/c1-18(2)24(28(42)35(17-23(38)39)20-11-6-4-7-12-20)34-27(41)25(36(43)21-13-8-5-9-14-21)26(40)22(33-19(3)37)15-10-16-32-29(30)31/h4-9,11-14,18,22,24-25,43H,10,15-17H2,1-3H3,(H,33,37)(H,34,41)(H,38,39)(H4,30,31,32). The lowest BCUT2D eigenvalue weighted by molar-refractivity contribution is -0.138. The van der Waals surface area contributed by atoms with Gasteiger partial charge < -0.3 is 26.8 Å². The van der Waals surface area contributed by atoms with Crippen molar-refractivity contribution in [1.82, 2.24) is 16.0 Å². The summed E-state index contributed by atoms with van der Waals surface area (Å²) in [7, 11) is 0. The number of aliphatic carboxylic acids is 1. The monoisotopic (exact) mass is 597 g/mol. The number of nitrogens with two attached hydrogens (primary N) is 1. The summed E-state index contributed by atoms with van der Waals surface area (Å²) in [6.07, 6.45) is 0.313. The highest BCUT2D eigenvalue weighted by Crippen LogP contribution is 2.20. The van der Waals surface area contributed by atoms with Gasteiger partial charge in [-0.1, -0.05) is 50.2 Å². The van der Waals surface area contributed by atoms with Gasteiger partial charge in [0.1, 0.15) is 12.6 Å². The van der Waals surface area contributed by atoms with E-state index in [1.165, 1.54) is 19.1 Å². The summed E-state index contributed by atoms with van der Waals surface area (Å²) in [5.41, 5.74) is 5.69. The van der Waals surface area contributed by atoms with Crippen molar-refractivity contribution in [2.45, 2.75) is 51.7 Å². The Hall–Kier alpha value is -4.98. The van der Waals surface area contributed by atoms with Gasteiger partial charge in [-0.25, -0.2) is 5.06 Å². The molecule has 0 heterocycles. The number of hydrogen-bond acceptors (Lipinski definition) is 8. The second-order valence-corrected chi connectivity index (χ2v) is 10.1. The largest absolute Gasteiger partial charge is 0.480 e. The third-order valence-corrected chi connectivity index (χ3v) is 6.35. The van der Waals surface area contributed by atoms with E-state index in [1.54, 1.807) is 62.4 Å². The summed E-state index contributed by atoms with van der Waals surface area (Å²) < 4.78 is 0. The lowest BCUT2D eigenvalue weighted by atomic mass is 9.97. The molecule has 0 aromatic heterocycles. The molecule has 0 aliphatic carbocycles. The Morgan fingerprint density at radius 2 is 1.49 bits per heavy atom. The Kier molecular flexibility index (Phi) is 13.1. The topological polar surface area (TPSA) is 218 Å². The maximum Gasteiger partial charge on any atom is 0.323 e. The summed E-state index contributed by atoms with van der Waals surface area (Å²) in [5.74, 6) is -5.29. The van der Waals surface area contributed by atoms with Crippen molar-refractivity contribution in [2.75, 3.05) is 23.1 Å². The van der Waals surface area contributed by atoms with Gasteiger partial charge in [-0.3, -0.25) is 39.5 Å². The minimum absolute atomic E-state index is 0.0397. The molecular weight excluding hydrogens is 558 g/mol. The summed E-state index contributed by atoms with van der Waals surface area (Å²) in [4.78, 5) is 66.0. The molecule has 232 valence electrons. The number of hydroxylamine groups is 1. The van der Waals surface area contributed by atoms with Gasteiger partial charge in [0.25, 0.3) is 5.91 Å². The molecule has 0 aliphatic heterocycles. The van der Waals surface area contributed by atoms with Crippen molar-refractivity contribution in [3.05, 3.63) is 60.7 Å². The minimum atomic E-state index is -1.90. The van der Waals surface area contributed by atoms with E-state index in [1.807, 2.05) is 0 Å². The number of para-hydroxylation sites is 2. The predicted molar refractivity (Wildman–Crippen MR) is 159 cm³/mol. The molecule has 43 heavy (non-hydrogen) atoms. The fraction of sp³-hybridized carbons (Fsp3) is 0.379. The van der Waals surface area contributed by atoms with Gasteiger partial charge in [0.05, 0.1) is 11.7 Å². The van der Waals surface area contributed by atoms with Crippen molar-refractivity contribution in [2.24, 2.45) is 11.7 Å². The summed E-state index contributed by atoms with van der Waals surface area (Å²) in [6.45, 7) is 4.00. The van der Waals surface area contributed by atoms with Crippen LogP contribution in [0.1, 0.15) is 33.6 Å². The van der Waals surface area contributed by atoms with Crippen molar-refractivity contribution >= 4 is 46.8 Å². The van der Waals surface area contributed by atoms with Gasteiger partial charge in [-0.2, -0.15) is 0 Å². The third kappa shape index (κ3) is 10.4. The average molecular weight is 598 g/mol. The summed E-state index contributed by atoms with van der Waals surface area (Å²) in [5, 5.41) is 36.0. The molecule has 14 heteroatoms. The number of anilines is 2. The van der Waals surface area contributed by atoms with Gasteiger partial charge in [0.15, 0.2) is 17.8 Å². The third-order valence-electron chi connectivity index (χ3n) is 6.35. The fourth-order valence-electron chi connectivity index (χ4n) is 4.29. The first-order valence-electron chi connectivity index (χ1n) is 13.6. The van der Waals surface area contributed by atoms with E-state index in [2.05, 4.69) is 16.0 Å². The maximum atomic E-state index is 13.8. The van der Waals surface area contributed by atoms with Gasteiger partial charge in [-0.15, -0.1) is 0 Å². The SMILES string of the molecule is CC(=O)NC(CCCNC(=N)N)C(=O)C(C(=O)NC(C(=O)N(CC(=O)O)c1ccccc1)C(C)C)N(O)c1ccccc1. The highest BCUT2D eigenvalue weighted by Gasteiger charge is 2.40. The second-order valence-electron chi connectivity index (χ2n) is 10.1. The molecule has 8 N–H and O–H groups in total. The maximum absolute atomic E-state index is 13.8. The number of nitrogens with zero attached hydrogens (tertiary/aromatic N) is 2. The lowest BCUT2D eigenvalue weighted by Gasteiger charge is -2.33. The van der Waals surface area contributed by atoms with Gasteiger partial charge in [0, 0.05) is 19.2 Å². The lowest BCUT2D eigenvalue weighted by Crippen LogP contribution is -2.61. The average Bonchev–Trinajstić information content (AvgIpc) is 2.96. The summed E-state index contributed by atoms with van der Waals surface area (Å²) in [6, 6.07) is 11.4. The van der Waals surface area contributed by atoms with Crippen LogP contribution in [0.15, 0.2) is 60.7 Å². The highest BCUT2D eigenvalue weighted by atomic mass is 16.5. The van der Waals surface area contributed by atoms with Gasteiger partial charge in [-0.05, 0) is 43.0 Å². The molecule has 2 rings (SSSR count). The van der Waals surface area contributed by atoms with E-state index in [9.17, 15) is 34.3 Å². The molecule has 0 fully saturated rings. The van der Waals surface area contributed by atoms with E-state index in [0.29, 0.717) is 10.8 Å². The van der Waals surface area contributed by atoms with E-state index in [-0.39, 0.29) is 31.0 Å². The Balaban J connectivity index is 2.46. The van der Waals surface area contributed by atoms with E-state index >= 15 is 0 Å². The van der Waals surface area contributed by atoms with Crippen LogP contribution in [0.2, 0.25) is 0 Å². The number of Topliss-reactive ketones (excluding diaryl/α,β-unsaturated/α-hetero) is 1. The first-order valence-corrected chi connectivity index (χ1v) is 13.6. The van der Waals surface area contributed by atoms with Crippen LogP contribution in [-0.4, -0.2) is 77.0 Å². The van der Waals surface area contributed by atoms with Crippen LogP contribution in [0.5, 0.6) is 0 Å².